The van der Waals surface area contributed by atoms with E-state index in [1.807, 2.05) is 25.2 Å². The summed E-state index contributed by atoms with van der Waals surface area (Å²) in [5, 5.41) is 14.0. The first-order chi connectivity index (χ1) is 10.0. The van der Waals surface area contributed by atoms with Crippen molar-refractivity contribution in [2.45, 2.75) is 13.5 Å². The third kappa shape index (κ3) is 3.59. The second kappa shape index (κ2) is 6.69. The number of nitrogens with one attached hydrogen (secondary N) is 1. The van der Waals surface area contributed by atoms with E-state index in [9.17, 15) is 10.1 Å². The molecule has 0 heterocycles. The van der Waals surface area contributed by atoms with Crippen LogP contribution >= 0.6 is 15.9 Å². The van der Waals surface area contributed by atoms with Gasteiger partial charge in [-0.25, -0.2) is 0 Å². The van der Waals surface area contributed by atoms with Gasteiger partial charge in [-0.15, -0.1) is 0 Å². The maximum absolute atomic E-state index is 10.9. The summed E-state index contributed by atoms with van der Waals surface area (Å²) in [7, 11) is 1.88. The van der Waals surface area contributed by atoms with Gasteiger partial charge >= 0.3 is 0 Å². The minimum absolute atomic E-state index is 0.0540. The van der Waals surface area contributed by atoms with E-state index < -0.39 is 4.92 Å². The lowest BCUT2D eigenvalue weighted by molar-refractivity contribution is -0.385. The molecule has 0 saturated carbocycles. The molecule has 21 heavy (non-hydrogen) atoms. The van der Waals surface area contributed by atoms with Gasteiger partial charge in [0.15, 0.2) is 0 Å². The highest BCUT2D eigenvalue weighted by Crippen LogP contribution is 2.32. The van der Waals surface area contributed by atoms with Crippen LogP contribution in [-0.2, 0) is 6.54 Å². The fourth-order valence-electron chi connectivity index (χ4n) is 1.96. The Morgan fingerprint density at radius 1 is 1.33 bits per heavy atom. The predicted octanol–water partition coefficient (Wildman–Crippen LogP) is 4.18. The summed E-state index contributed by atoms with van der Waals surface area (Å²) in [6, 6.07) is 10.4. The number of halogens is 1. The maximum atomic E-state index is 10.9. The van der Waals surface area contributed by atoms with Gasteiger partial charge in [0.1, 0.15) is 11.5 Å². The molecule has 0 radical (unpaired) electrons. The van der Waals surface area contributed by atoms with Crippen LogP contribution in [0, 0.1) is 17.0 Å². The zero-order valence-corrected chi connectivity index (χ0v) is 13.3. The molecule has 0 bridgehead atoms. The highest BCUT2D eigenvalue weighted by molar-refractivity contribution is 9.10. The van der Waals surface area contributed by atoms with Crippen LogP contribution in [0.3, 0.4) is 0 Å². The van der Waals surface area contributed by atoms with Crippen LogP contribution in [0.5, 0.6) is 11.5 Å². The summed E-state index contributed by atoms with van der Waals surface area (Å²) < 4.78 is 6.69. The average molecular weight is 351 g/mol. The van der Waals surface area contributed by atoms with Gasteiger partial charge in [0.05, 0.1) is 10.5 Å². The van der Waals surface area contributed by atoms with Crippen LogP contribution in [0.25, 0.3) is 0 Å². The standard InChI is InChI=1S/C15H15BrN2O3/c1-10-14(18(19)20)4-3-5-15(10)21-12-7-6-11(9-17-2)13(16)8-12/h3-8,17H,9H2,1-2H3. The summed E-state index contributed by atoms with van der Waals surface area (Å²) >= 11 is 3.49. The molecule has 0 saturated heterocycles. The van der Waals surface area contributed by atoms with Crippen molar-refractivity contribution in [2.24, 2.45) is 0 Å². The molecule has 0 aliphatic rings. The van der Waals surface area contributed by atoms with E-state index in [1.165, 1.54) is 6.07 Å². The largest absolute Gasteiger partial charge is 0.457 e. The van der Waals surface area contributed by atoms with E-state index >= 15 is 0 Å². The van der Waals surface area contributed by atoms with E-state index in [-0.39, 0.29) is 5.69 Å². The van der Waals surface area contributed by atoms with Crippen LogP contribution in [0.4, 0.5) is 5.69 Å². The number of nitro benzene ring substituents is 1. The molecule has 0 aliphatic carbocycles. The normalized spacial score (nSPS) is 10.4. The Hall–Kier alpha value is -1.92. The molecule has 6 heteroatoms. The summed E-state index contributed by atoms with van der Waals surface area (Å²) in [6.45, 7) is 2.43. The summed E-state index contributed by atoms with van der Waals surface area (Å²) in [5.41, 5.74) is 1.68. The predicted molar refractivity (Wildman–Crippen MR) is 84.8 cm³/mol. The molecule has 0 amide bonds. The second-order valence-electron chi connectivity index (χ2n) is 4.54. The molecule has 110 valence electrons. The van der Waals surface area contributed by atoms with Crippen molar-refractivity contribution in [1.82, 2.24) is 5.32 Å². The molecular weight excluding hydrogens is 336 g/mol. The molecule has 0 aromatic heterocycles. The SMILES string of the molecule is CNCc1ccc(Oc2cccc([N+](=O)[O-])c2C)cc1Br. The van der Waals surface area contributed by atoms with Crippen molar-refractivity contribution >= 4 is 21.6 Å². The molecule has 1 N–H and O–H groups in total. The summed E-state index contributed by atoms with van der Waals surface area (Å²) in [4.78, 5) is 10.5. The Kier molecular flexibility index (Phi) is 4.93. The molecule has 0 aliphatic heterocycles. The van der Waals surface area contributed by atoms with Gasteiger partial charge in [-0.2, -0.15) is 0 Å². The van der Waals surface area contributed by atoms with Crippen molar-refractivity contribution in [3.05, 3.63) is 62.1 Å². The Labute approximate surface area is 131 Å². The Balaban J connectivity index is 2.28. The van der Waals surface area contributed by atoms with Crippen molar-refractivity contribution in [3.8, 4) is 11.5 Å². The smallest absolute Gasteiger partial charge is 0.276 e. The Bertz CT molecular complexity index is 674. The molecule has 5 nitrogen and oxygen atoms in total. The summed E-state index contributed by atoms with van der Waals surface area (Å²) in [6.07, 6.45) is 0. The highest BCUT2D eigenvalue weighted by Gasteiger charge is 2.14. The maximum Gasteiger partial charge on any atom is 0.276 e. The van der Waals surface area contributed by atoms with E-state index in [0.29, 0.717) is 17.1 Å². The first-order valence-corrected chi connectivity index (χ1v) is 7.17. The highest BCUT2D eigenvalue weighted by atomic mass is 79.9. The van der Waals surface area contributed by atoms with Gasteiger partial charge in [-0.05, 0) is 37.7 Å². The van der Waals surface area contributed by atoms with Crippen LogP contribution in [0.15, 0.2) is 40.9 Å². The number of hydrogen-bond donors (Lipinski definition) is 1. The van der Waals surface area contributed by atoms with E-state index in [1.54, 1.807) is 19.1 Å². The molecule has 0 fully saturated rings. The molecule has 0 unspecified atom stereocenters. The molecule has 2 aromatic carbocycles. The van der Waals surface area contributed by atoms with Gasteiger partial charge < -0.3 is 10.1 Å². The topological polar surface area (TPSA) is 64.4 Å². The van der Waals surface area contributed by atoms with Crippen molar-refractivity contribution in [2.75, 3.05) is 7.05 Å². The Morgan fingerprint density at radius 3 is 2.71 bits per heavy atom. The van der Waals surface area contributed by atoms with Gasteiger partial charge in [0.25, 0.3) is 5.69 Å². The number of rotatable bonds is 5. The van der Waals surface area contributed by atoms with E-state index in [4.69, 9.17) is 4.74 Å². The van der Waals surface area contributed by atoms with Gasteiger partial charge in [0.2, 0.25) is 0 Å². The molecular formula is C15H15BrN2O3. The number of nitro groups is 1. The summed E-state index contributed by atoms with van der Waals surface area (Å²) in [5.74, 6) is 1.11. The first-order valence-electron chi connectivity index (χ1n) is 6.38. The fraction of sp³-hybridized carbons (Fsp3) is 0.200. The van der Waals surface area contributed by atoms with E-state index in [0.717, 1.165) is 16.6 Å². The average Bonchev–Trinajstić information content (AvgIpc) is 2.44. The van der Waals surface area contributed by atoms with Gasteiger partial charge in [-0.3, -0.25) is 10.1 Å². The van der Waals surface area contributed by atoms with Crippen LogP contribution in [-0.4, -0.2) is 12.0 Å². The lowest BCUT2D eigenvalue weighted by Crippen LogP contribution is -2.05. The van der Waals surface area contributed by atoms with Crippen LogP contribution in [0.1, 0.15) is 11.1 Å². The quantitative estimate of drug-likeness (QED) is 0.648. The zero-order chi connectivity index (χ0) is 15.4. The van der Waals surface area contributed by atoms with Crippen LogP contribution in [0.2, 0.25) is 0 Å². The molecule has 2 rings (SSSR count). The third-order valence-corrected chi connectivity index (χ3v) is 3.81. The molecule has 0 spiro atoms. The number of nitrogens with zero attached hydrogens (tertiary/aromatic N) is 1. The lowest BCUT2D eigenvalue weighted by atomic mass is 10.2. The number of hydrogen-bond acceptors (Lipinski definition) is 4. The van der Waals surface area contributed by atoms with E-state index in [2.05, 4.69) is 21.2 Å². The minimum Gasteiger partial charge on any atom is -0.457 e. The van der Waals surface area contributed by atoms with Gasteiger partial charge in [-0.1, -0.05) is 28.1 Å². The van der Waals surface area contributed by atoms with Crippen molar-refractivity contribution < 1.29 is 9.66 Å². The van der Waals surface area contributed by atoms with Crippen LogP contribution < -0.4 is 10.1 Å². The minimum atomic E-state index is -0.409. The second-order valence-corrected chi connectivity index (χ2v) is 5.40. The van der Waals surface area contributed by atoms with Gasteiger partial charge in [0, 0.05) is 17.1 Å². The van der Waals surface area contributed by atoms with Crippen molar-refractivity contribution in [1.29, 1.82) is 0 Å². The molecule has 2 aromatic rings. The fourth-order valence-corrected chi connectivity index (χ4v) is 2.46. The number of benzene rings is 2. The first kappa shape index (κ1) is 15.5. The monoisotopic (exact) mass is 350 g/mol. The zero-order valence-electron chi connectivity index (χ0n) is 11.7. The number of ether oxygens (including phenoxy) is 1. The lowest BCUT2D eigenvalue weighted by Gasteiger charge is -2.11. The third-order valence-electron chi connectivity index (χ3n) is 3.07. The Morgan fingerprint density at radius 2 is 2.10 bits per heavy atom. The van der Waals surface area contributed by atoms with Crippen molar-refractivity contribution in [3.63, 3.8) is 0 Å². The molecule has 0 atom stereocenters.